The van der Waals surface area contributed by atoms with Crippen LogP contribution in [-0.4, -0.2) is 28.4 Å². The van der Waals surface area contributed by atoms with Crippen molar-refractivity contribution in [2.24, 2.45) is 0 Å². The molecule has 3 aromatic heterocycles. The molecule has 0 aliphatic carbocycles. The van der Waals surface area contributed by atoms with E-state index < -0.39 is 11.9 Å². The van der Waals surface area contributed by atoms with Gasteiger partial charge in [0.2, 0.25) is 0 Å². The molecule has 0 bridgehead atoms. The second kappa shape index (κ2) is 18.1. The molecule has 3 aromatic carbocycles. The van der Waals surface area contributed by atoms with Gasteiger partial charge >= 0.3 is 6.18 Å². The molecular formula is C43H45F3N4O2S. The van der Waals surface area contributed by atoms with Crippen molar-refractivity contribution in [3.8, 4) is 43.8 Å². The van der Waals surface area contributed by atoms with Crippen LogP contribution < -0.4 is 14.4 Å². The van der Waals surface area contributed by atoms with Crippen LogP contribution in [0.3, 0.4) is 0 Å². The van der Waals surface area contributed by atoms with E-state index in [0.29, 0.717) is 18.9 Å². The molecule has 6 nitrogen and oxygen atoms in total. The van der Waals surface area contributed by atoms with Crippen LogP contribution in [0.2, 0.25) is 0 Å². The van der Waals surface area contributed by atoms with Gasteiger partial charge in [-0.1, -0.05) is 64.5 Å². The second-order valence-corrected chi connectivity index (χ2v) is 14.0. The number of benzene rings is 3. The van der Waals surface area contributed by atoms with Crippen LogP contribution in [-0.2, 0) is 6.18 Å². The Balaban J connectivity index is 1.21. The summed E-state index contributed by atoms with van der Waals surface area (Å²) >= 11 is 1.61. The number of aromatic amines is 1. The van der Waals surface area contributed by atoms with Crippen molar-refractivity contribution in [3.63, 3.8) is 0 Å². The Morgan fingerprint density at radius 2 is 1.15 bits per heavy atom. The van der Waals surface area contributed by atoms with E-state index in [1.807, 2.05) is 36.4 Å². The third-order valence-electron chi connectivity index (χ3n) is 8.93. The number of alkyl halides is 3. The maximum atomic E-state index is 13.1. The molecule has 0 saturated heterocycles. The number of thiophene rings is 1. The van der Waals surface area contributed by atoms with Crippen molar-refractivity contribution >= 4 is 28.4 Å². The molecule has 0 spiro atoms. The molecule has 10 heteroatoms. The average Bonchev–Trinajstić information content (AvgIpc) is 3.89. The number of halogens is 3. The van der Waals surface area contributed by atoms with E-state index in [1.54, 1.807) is 23.6 Å². The van der Waals surface area contributed by atoms with Gasteiger partial charge < -0.3 is 14.4 Å². The molecule has 0 unspecified atom stereocenters. The quantitative estimate of drug-likeness (QED) is 0.0890. The summed E-state index contributed by atoms with van der Waals surface area (Å²) < 4.78 is 51.4. The number of hydrogen-bond donors (Lipinski definition) is 1. The molecule has 1 N–H and O–H groups in total. The van der Waals surface area contributed by atoms with Crippen LogP contribution >= 0.6 is 11.3 Å². The van der Waals surface area contributed by atoms with Crippen molar-refractivity contribution in [3.05, 3.63) is 115 Å². The molecule has 0 amide bonds. The first-order valence-electron chi connectivity index (χ1n) is 18.4. The minimum Gasteiger partial charge on any atom is -0.494 e. The number of pyridine rings is 1. The van der Waals surface area contributed by atoms with Crippen molar-refractivity contribution < 1.29 is 22.6 Å². The Hall–Kier alpha value is -5.09. The molecule has 0 saturated carbocycles. The zero-order valence-corrected chi connectivity index (χ0v) is 31.0. The highest BCUT2D eigenvalue weighted by atomic mass is 32.1. The fraction of sp³-hybridized carbons (Fsp3) is 0.302. The summed E-state index contributed by atoms with van der Waals surface area (Å²) in [6, 6.07) is 33.6. The van der Waals surface area contributed by atoms with Gasteiger partial charge in [-0.25, -0.2) is 0 Å². The van der Waals surface area contributed by atoms with Gasteiger partial charge in [0, 0.05) is 33.0 Å². The number of rotatable bonds is 18. The molecular weight excluding hydrogens is 694 g/mol. The largest absolute Gasteiger partial charge is 0.494 e. The lowest BCUT2D eigenvalue weighted by Gasteiger charge is -2.26. The van der Waals surface area contributed by atoms with E-state index in [1.165, 1.54) is 38.5 Å². The molecule has 0 fully saturated rings. The molecule has 3 heterocycles. The van der Waals surface area contributed by atoms with Crippen molar-refractivity contribution in [1.29, 1.82) is 0 Å². The van der Waals surface area contributed by atoms with Crippen LogP contribution in [0.4, 0.5) is 30.2 Å². The number of ether oxygens (including phenoxy) is 2. The predicted molar refractivity (Wildman–Crippen MR) is 210 cm³/mol. The molecule has 6 aromatic rings. The first kappa shape index (κ1) is 37.7. The third kappa shape index (κ3) is 10.1. The highest BCUT2D eigenvalue weighted by molar-refractivity contribution is 7.18. The molecule has 0 atom stereocenters. The lowest BCUT2D eigenvalue weighted by Crippen LogP contribution is -2.10. The number of aromatic nitrogens is 3. The van der Waals surface area contributed by atoms with Gasteiger partial charge in [0.1, 0.15) is 11.5 Å². The lowest BCUT2D eigenvalue weighted by molar-refractivity contribution is -0.141. The van der Waals surface area contributed by atoms with Crippen LogP contribution in [0.25, 0.3) is 32.3 Å². The molecule has 53 heavy (non-hydrogen) atoms. The molecule has 6 rings (SSSR count). The summed E-state index contributed by atoms with van der Waals surface area (Å²) in [5, 5.41) is 5.88. The number of anilines is 3. The monoisotopic (exact) mass is 738 g/mol. The first-order chi connectivity index (χ1) is 25.8. The summed E-state index contributed by atoms with van der Waals surface area (Å²) in [6.07, 6.45) is 6.37. The normalized spacial score (nSPS) is 11.5. The minimum absolute atomic E-state index is 0.213. The Bertz CT molecular complexity index is 1950. The summed E-state index contributed by atoms with van der Waals surface area (Å²) in [5.41, 5.74) is 4.57. The summed E-state index contributed by atoms with van der Waals surface area (Å²) in [6.45, 7) is 5.84. The summed E-state index contributed by atoms with van der Waals surface area (Å²) in [4.78, 5) is 8.54. The van der Waals surface area contributed by atoms with Gasteiger partial charge in [-0.15, -0.1) is 11.3 Å². The van der Waals surface area contributed by atoms with Gasteiger partial charge in [-0.05, 0) is 115 Å². The highest BCUT2D eigenvalue weighted by Crippen LogP contribution is 2.40. The predicted octanol–water partition coefficient (Wildman–Crippen LogP) is 13.3. The van der Waals surface area contributed by atoms with Gasteiger partial charge in [-0.2, -0.15) is 18.3 Å². The summed E-state index contributed by atoms with van der Waals surface area (Å²) in [5.74, 6) is 1.72. The smallest absolute Gasteiger partial charge is 0.435 e. The van der Waals surface area contributed by atoms with Crippen molar-refractivity contribution in [2.75, 3.05) is 18.1 Å². The van der Waals surface area contributed by atoms with Gasteiger partial charge in [0.25, 0.3) is 0 Å². The maximum Gasteiger partial charge on any atom is 0.435 e. The van der Waals surface area contributed by atoms with Gasteiger partial charge in [0.15, 0.2) is 5.69 Å². The van der Waals surface area contributed by atoms with E-state index in [4.69, 9.17) is 9.47 Å². The molecule has 0 aliphatic heterocycles. The summed E-state index contributed by atoms with van der Waals surface area (Å²) in [7, 11) is 0. The fourth-order valence-electron chi connectivity index (χ4n) is 6.02. The number of nitrogens with one attached hydrogen (secondary N) is 1. The van der Waals surface area contributed by atoms with Crippen LogP contribution in [0.5, 0.6) is 11.5 Å². The SMILES string of the molecule is CCCCCCOc1ccc(N(c2ccc(OCCCCCC)cc2)c2ccc(-c3ccc(-c4ccnc(-c5cc(C(F)(F)F)n[nH]5)c4)s3)cc2)cc1. The van der Waals surface area contributed by atoms with Crippen LogP contribution in [0.15, 0.2) is 109 Å². The third-order valence-corrected chi connectivity index (χ3v) is 10.1. The highest BCUT2D eigenvalue weighted by Gasteiger charge is 2.34. The van der Waals surface area contributed by atoms with E-state index in [0.717, 1.165) is 68.4 Å². The maximum absolute atomic E-state index is 13.1. The van der Waals surface area contributed by atoms with E-state index in [2.05, 4.69) is 88.5 Å². The number of H-pyrrole nitrogens is 1. The topological polar surface area (TPSA) is 63.3 Å². The standard InChI is InChI=1S/C43H45F3N4O2S/c1-3-5-7-9-27-51-36-19-15-34(16-20-36)50(35-17-21-37(22-18-35)52-28-10-8-6-4-2)33-13-11-31(12-14-33)40-23-24-41(53-40)32-25-26-47-38(29-32)39-30-42(49-48-39)43(44,45)46/h11-26,29-30H,3-10,27-28H2,1-2H3,(H,48,49). The zero-order chi connectivity index (χ0) is 37.0. The number of unbranched alkanes of at least 4 members (excludes halogenated alkanes) is 6. The van der Waals surface area contributed by atoms with Crippen molar-refractivity contribution in [1.82, 2.24) is 15.2 Å². The van der Waals surface area contributed by atoms with Gasteiger partial charge in [-0.3, -0.25) is 10.1 Å². The van der Waals surface area contributed by atoms with Crippen LogP contribution in [0.1, 0.15) is 70.9 Å². The Kier molecular flexibility index (Phi) is 12.9. The Morgan fingerprint density at radius 3 is 1.66 bits per heavy atom. The number of hydrogen-bond acceptors (Lipinski definition) is 6. The first-order valence-corrected chi connectivity index (χ1v) is 19.2. The van der Waals surface area contributed by atoms with Crippen LogP contribution in [0, 0.1) is 0 Å². The second-order valence-electron chi connectivity index (χ2n) is 12.9. The average molecular weight is 739 g/mol. The minimum atomic E-state index is -4.53. The van der Waals surface area contributed by atoms with Gasteiger partial charge in [0.05, 0.1) is 24.6 Å². The Labute approximate surface area is 313 Å². The van der Waals surface area contributed by atoms with E-state index >= 15 is 0 Å². The molecule has 0 aliphatic rings. The fourth-order valence-corrected chi connectivity index (χ4v) is 7.03. The van der Waals surface area contributed by atoms with E-state index in [9.17, 15) is 13.2 Å². The van der Waals surface area contributed by atoms with E-state index in [-0.39, 0.29) is 5.69 Å². The Morgan fingerprint density at radius 1 is 0.623 bits per heavy atom. The molecule has 0 radical (unpaired) electrons. The zero-order valence-electron chi connectivity index (χ0n) is 30.2. The number of nitrogens with zero attached hydrogens (tertiary/aromatic N) is 3. The molecule has 276 valence electrons. The van der Waals surface area contributed by atoms with Crippen molar-refractivity contribution in [2.45, 2.75) is 71.4 Å². The lowest BCUT2D eigenvalue weighted by atomic mass is 10.1.